The molecule has 8 heteroatoms. The molecule has 2 aromatic rings. The first kappa shape index (κ1) is 18.4. The van der Waals surface area contributed by atoms with Crippen molar-refractivity contribution >= 4 is 28.9 Å². The van der Waals surface area contributed by atoms with Crippen LogP contribution in [-0.4, -0.2) is 29.8 Å². The molecule has 0 bridgehead atoms. The third kappa shape index (κ3) is 4.22. The highest BCUT2D eigenvalue weighted by Gasteiger charge is 2.28. The number of rotatable bonds is 5. The lowest BCUT2D eigenvalue weighted by Crippen LogP contribution is -2.38. The Morgan fingerprint density at radius 2 is 1.81 bits per heavy atom. The highest BCUT2D eigenvalue weighted by atomic mass is 16.6. The normalized spacial score (nSPS) is 14.6. The summed E-state index contributed by atoms with van der Waals surface area (Å²) in [5.41, 5.74) is 6.76. The van der Waals surface area contributed by atoms with Gasteiger partial charge in [0.05, 0.1) is 4.92 Å². The van der Waals surface area contributed by atoms with Crippen LogP contribution in [0.3, 0.4) is 0 Å². The van der Waals surface area contributed by atoms with Crippen LogP contribution in [-0.2, 0) is 4.79 Å². The third-order valence-electron chi connectivity index (χ3n) is 4.70. The highest BCUT2D eigenvalue weighted by molar-refractivity contribution is 5.97. The molecule has 1 aliphatic rings. The van der Waals surface area contributed by atoms with Gasteiger partial charge in [0.15, 0.2) is 0 Å². The first-order valence-corrected chi connectivity index (χ1v) is 8.65. The molecule has 0 aromatic heterocycles. The van der Waals surface area contributed by atoms with Gasteiger partial charge in [0.1, 0.15) is 5.69 Å². The maximum Gasteiger partial charge on any atom is 0.292 e. The van der Waals surface area contributed by atoms with Crippen LogP contribution in [0.5, 0.6) is 0 Å². The van der Waals surface area contributed by atoms with E-state index in [-0.39, 0.29) is 22.4 Å². The lowest BCUT2D eigenvalue weighted by molar-refractivity contribution is -0.384. The number of carbonyl (C=O) groups is 2. The van der Waals surface area contributed by atoms with Gasteiger partial charge >= 0.3 is 0 Å². The number of nitrogens with two attached hydrogens (primary N) is 1. The Morgan fingerprint density at radius 3 is 2.48 bits per heavy atom. The molecule has 1 aliphatic heterocycles. The Bertz CT molecular complexity index is 876. The number of piperidine rings is 1. The van der Waals surface area contributed by atoms with Crippen molar-refractivity contribution in [2.45, 2.75) is 12.8 Å². The van der Waals surface area contributed by atoms with E-state index in [0.717, 1.165) is 0 Å². The minimum atomic E-state index is -0.552. The zero-order valence-electron chi connectivity index (χ0n) is 14.6. The van der Waals surface area contributed by atoms with Gasteiger partial charge < -0.3 is 16.0 Å². The molecule has 2 amide bonds. The van der Waals surface area contributed by atoms with Crippen molar-refractivity contribution in [2.24, 2.45) is 11.7 Å². The van der Waals surface area contributed by atoms with Gasteiger partial charge in [0, 0.05) is 36.3 Å². The van der Waals surface area contributed by atoms with E-state index in [1.54, 1.807) is 42.5 Å². The number of nitrogens with one attached hydrogen (secondary N) is 1. The number of para-hydroxylation sites is 2. The first-order chi connectivity index (χ1) is 13.0. The third-order valence-corrected chi connectivity index (χ3v) is 4.70. The van der Waals surface area contributed by atoms with Crippen LogP contribution in [0.25, 0.3) is 0 Å². The van der Waals surface area contributed by atoms with E-state index in [2.05, 4.69) is 5.32 Å². The molecule has 0 atom stereocenters. The van der Waals surface area contributed by atoms with Gasteiger partial charge in [-0.1, -0.05) is 18.2 Å². The number of anilines is 2. The fourth-order valence-corrected chi connectivity index (χ4v) is 3.26. The highest BCUT2D eigenvalue weighted by Crippen LogP contribution is 2.31. The minimum absolute atomic E-state index is 0.0728. The van der Waals surface area contributed by atoms with Crippen LogP contribution in [0.2, 0.25) is 0 Å². The van der Waals surface area contributed by atoms with Gasteiger partial charge in [-0.15, -0.1) is 0 Å². The van der Waals surface area contributed by atoms with Crippen molar-refractivity contribution in [2.75, 3.05) is 23.3 Å². The molecule has 1 saturated heterocycles. The van der Waals surface area contributed by atoms with E-state index >= 15 is 0 Å². The second-order valence-corrected chi connectivity index (χ2v) is 6.44. The molecular formula is C19H20N4O4. The van der Waals surface area contributed by atoms with E-state index in [0.29, 0.717) is 42.9 Å². The van der Waals surface area contributed by atoms with Crippen LogP contribution in [0.4, 0.5) is 17.1 Å². The molecule has 27 heavy (non-hydrogen) atoms. The molecule has 0 radical (unpaired) electrons. The number of hydrogen-bond donors (Lipinski definition) is 2. The van der Waals surface area contributed by atoms with Crippen LogP contribution in [0, 0.1) is 16.0 Å². The van der Waals surface area contributed by atoms with E-state index in [9.17, 15) is 19.7 Å². The van der Waals surface area contributed by atoms with Gasteiger partial charge in [0.2, 0.25) is 11.8 Å². The number of carbonyl (C=O) groups excluding carboxylic acids is 2. The lowest BCUT2D eigenvalue weighted by Gasteiger charge is -2.32. The van der Waals surface area contributed by atoms with Gasteiger partial charge in [0.25, 0.3) is 5.69 Å². The maximum atomic E-state index is 12.5. The van der Waals surface area contributed by atoms with Crippen LogP contribution < -0.4 is 16.0 Å². The molecule has 0 saturated carbocycles. The molecule has 1 fully saturated rings. The first-order valence-electron chi connectivity index (χ1n) is 8.65. The molecule has 1 heterocycles. The van der Waals surface area contributed by atoms with E-state index in [1.165, 1.54) is 6.07 Å². The summed E-state index contributed by atoms with van der Waals surface area (Å²) in [5, 5.41) is 14.0. The zero-order valence-corrected chi connectivity index (χ0v) is 14.6. The van der Waals surface area contributed by atoms with Gasteiger partial charge in [-0.2, -0.15) is 0 Å². The Hall–Kier alpha value is -3.42. The Balaban J connectivity index is 1.62. The molecular weight excluding hydrogens is 348 g/mol. The standard InChI is InChI=1S/C19H20N4O4/c20-18(24)14-4-3-5-15(12-14)21-19(25)13-8-10-22(11-9-13)16-6-1-2-7-17(16)23(26)27/h1-7,12-13H,8-11H2,(H2,20,24)(H,21,25). The van der Waals surface area contributed by atoms with Gasteiger partial charge in [-0.3, -0.25) is 19.7 Å². The number of nitro benzene ring substituents is 1. The molecule has 3 N–H and O–H groups in total. The van der Waals surface area contributed by atoms with Crippen molar-refractivity contribution in [1.82, 2.24) is 0 Å². The molecule has 0 aliphatic carbocycles. The Labute approximate surface area is 156 Å². The molecule has 3 rings (SSSR count). The summed E-state index contributed by atoms with van der Waals surface area (Å²) in [7, 11) is 0. The summed E-state index contributed by atoms with van der Waals surface area (Å²) in [4.78, 5) is 36.5. The van der Waals surface area contributed by atoms with Gasteiger partial charge in [-0.05, 0) is 37.1 Å². The fraction of sp³-hybridized carbons (Fsp3) is 0.263. The fourth-order valence-electron chi connectivity index (χ4n) is 3.26. The molecule has 140 valence electrons. The molecule has 2 aromatic carbocycles. The Kier molecular flexibility index (Phi) is 5.35. The summed E-state index contributed by atoms with van der Waals surface area (Å²) in [5.74, 6) is -0.871. The van der Waals surface area contributed by atoms with Crippen LogP contribution in [0.1, 0.15) is 23.2 Å². The van der Waals surface area contributed by atoms with E-state index < -0.39 is 5.91 Å². The smallest absolute Gasteiger partial charge is 0.292 e. The predicted molar refractivity (Wildman–Crippen MR) is 102 cm³/mol. The largest absolute Gasteiger partial charge is 0.366 e. The zero-order chi connectivity index (χ0) is 19.4. The van der Waals surface area contributed by atoms with Crippen LogP contribution >= 0.6 is 0 Å². The number of primary amides is 1. The van der Waals surface area contributed by atoms with Crippen molar-refractivity contribution < 1.29 is 14.5 Å². The van der Waals surface area contributed by atoms with Crippen molar-refractivity contribution in [3.05, 3.63) is 64.2 Å². The van der Waals surface area contributed by atoms with Gasteiger partial charge in [-0.25, -0.2) is 0 Å². The monoisotopic (exact) mass is 368 g/mol. The maximum absolute atomic E-state index is 12.5. The molecule has 8 nitrogen and oxygen atoms in total. The average molecular weight is 368 g/mol. The average Bonchev–Trinajstić information content (AvgIpc) is 2.68. The number of amides is 2. The summed E-state index contributed by atoms with van der Waals surface area (Å²) >= 11 is 0. The quantitative estimate of drug-likeness (QED) is 0.621. The second-order valence-electron chi connectivity index (χ2n) is 6.44. The predicted octanol–water partition coefficient (Wildman–Crippen LogP) is 2.55. The van der Waals surface area contributed by atoms with Crippen LogP contribution in [0.15, 0.2) is 48.5 Å². The van der Waals surface area contributed by atoms with E-state index in [4.69, 9.17) is 5.73 Å². The number of benzene rings is 2. The van der Waals surface area contributed by atoms with Crippen molar-refractivity contribution in [3.63, 3.8) is 0 Å². The SMILES string of the molecule is NC(=O)c1cccc(NC(=O)C2CCN(c3ccccc3[N+](=O)[O-])CC2)c1. The Morgan fingerprint density at radius 1 is 1.11 bits per heavy atom. The summed E-state index contributed by atoms with van der Waals surface area (Å²) in [6.45, 7) is 1.12. The second kappa shape index (κ2) is 7.86. The van der Waals surface area contributed by atoms with E-state index in [1.807, 2.05) is 4.90 Å². The summed E-state index contributed by atoms with van der Waals surface area (Å²) < 4.78 is 0. The summed E-state index contributed by atoms with van der Waals surface area (Å²) in [6, 6.07) is 13.1. The number of hydrogen-bond acceptors (Lipinski definition) is 5. The lowest BCUT2D eigenvalue weighted by atomic mass is 9.95. The minimum Gasteiger partial charge on any atom is -0.366 e. The number of nitrogens with zero attached hydrogens (tertiary/aromatic N) is 2. The molecule has 0 unspecified atom stereocenters. The summed E-state index contributed by atoms with van der Waals surface area (Å²) in [6.07, 6.45) is 1.18. The topological polar surface area (TPSA) is 119 Å². The molecule has 0 spiro atoms. The van der Waals surface area contributed by atoms with Crippen molar-refractivity contribution in [1.29, 1.82) is 0 Å². The van der Waals surface area contributed by atoms with Crippen molar-refractivity contribution in [3.8, 4) is 0 Å². The number of nitro groups is 1.